The molecule has 0 saturated heterocycles. The summed E-state index contributed by atoms with van der Waals surface area (Å²) in [5, 5.41) is 0.622. The highest BCUT2D eigenvalue weighted by atomic mass is 35.5. The summed E-state index contributed by atoms with van der Waals surface area (Å²) in [7, 11) is 0. The van der Waals surface area contributed by atoms with Gasteiger partial charge in [-0.05, 0) is 37.1 Å². The van der Waals surface area contributed by atoms with Gasteiger partial charge in [0, 0.05) is 11.2 Å². The van der Waals surface area contributed by atoms with Crippen molar-refractivity contribution < 1.29 is 9.59 Å². The van der Waals surface area contributed by atoms with Crippen molar-refractivity contribution in [2.75, 3.05) is 0 Å². The van der Waals surface area contributed by atoms with Crippen LogP contribution in [0.2, 0.25) is 5.02 Å². The summed E-state index contributed by atoms with van der Waals surface area (Å²) in [6, 6.07) is 6.83. The Labute approximate surface area is 127 Å². The van der Waals surface area contributed by atoms with Crippen molar-refractivity contribution in [2.45, 2.75) is 20.4 Å². The van der Waals surface area contributed by atoms with Crippen molar-refractivity contribution >= 4 is 23.4 Å². The monoisotopic (exact) mass is 300 g/mol. The molecule has 0 N–H and O–H groups in total. The fourth-order valence-electron chi connectivity index (χ4n) is 2.44. The van der Waals surface area contributed by atoms with Crippen molar-refractivity contribution in [1.82, 2.24) is 9.88 Å². The van der Waals surface area contributed by atoms with Crippen molar-refractivity contribution in [2.24, 2.45) is 0 Å². The van der Waals surface area contributed by atoms with Crippen molar-refractivity contribution in [3.63, 3.8) is 0 Å². The Balaban J connectivity index is 1.96. The van der Waals surface area contributed by atoms with E-state index < -0.39 is 0 Å². The molecule has 0 aliphatic carbocycles. The maximum atomic E-state index is 12.3. The van der Waals surface area contributed by atoms with Gasteiger partial charge in [-0.2, -0.15) is 0 Å². The second kappa shape index (κ2) is 4.97. The summed E-state index contributed by atoms with van der Waals surface area (Å²) in [6.07, 6.45) is 1.66. The van der Waals surface area contributed by atoms with Crippen LogP contribution < -0.4 is 0 Å². The number of nitrogens with zero attached hydrogens (tertiary/aromatic N) is 2. The lowest BCUT2D eigenvalue weighted by atomic mass is 10.1. The standard InChI is InChI=1S/C16H13ClN2O2/c1-9-7-18-13(10(2)14(9)17)8-19-15(20)11-5-3-4-6-12(11)16(19)21/h3-7H,8H2,1-2H3. The number of imide groups is 1. The van der Waals surface area contributed by atoms with Gasteiger partial charge in [0.2, 0.25) is 0 Å². The number of fused-ring (bicyclic) bond motifs is 1. The van der Waals surface area contributed by atoms with Gasteiger partial charge in [0.1, 0.15) is 0 Å². The number of hydrogen-bond acceptors (Lipinski definition) is 3. The fourth-order valence-corrected chi connectivity index (χ4v) is 2.60. The predicted molar refractivity (Wildman–Crippen MR) is 79.4 cm³/mol. The zero-order valence-electron chi connectivity index (χ0n) is 11.7. The number of carbonyl (C=O) groups is 2. The van der Waals surface area contributed by atoms with Crippen molar-refractivity contribution in [3.05, 3.63) is 63.4 Å². The zero-order valence-corrected chi connectivity index (χ0v) is 12.4. The second-order valence-corrected chi connectivity index (χ2v) is 5.45. The van der Waals surface area contributed by atoms with Crippen LogP contribution in [0.25, 0.3) is 0 Å². The van der Waals surface area contributed by atoms with Crippen LogP contribution in [-0.4, -0.2) is 21.7 Å². The molecule has 0 unspecified atom stereocenters. The first-order chi connectivity index (χ1) is 10.0. The summed E-state index contributed by atoms with van der Waals surface area (Å²) in [5.74, 6) is -0.568. The molecule has 1 aliphatic heterocycles. The van der Waals surface area contributed by atoms with E-state index in [1.54, 1.807) is 30.5 Å². The molecule has 2 heterocycles. The predicted octanol–water partition coefficient (Wildman–Crippen LogP) is 3.15. The van der Waals surface area contributed by atoms with E-state index in [0.717, 1.165) is 11.1 Å². The van der Waals surface area contributed by atoms with E-state index >= 15 is 0 Å². The van der Waals surface area contributed by atoms with Gasteiger partial charge in [-0.15, -0.1) is 0 Å². The Hall–Kier alpha value is -2.20. The third kappa shape index (κ3) is 2.12. The first kappa shape index (κ1) is 13.8. The molecule has 1 aliphatic rings. The lowest BCUT2D eigenvalue weighted by molar-refractivity contribution is 0.0640. The van der Waals surface area contributed by atoms with Crippen LogP contribution in [0.15, 0.2) is 30.5 Å². The SMILES string of the molecule is Cc1cnc(CN2C(=O)c3ccccc3C2=O)c(C)c1Cl. The third-order valence-electron chi connectivity index (χ3n) is 3.71. The molecular formula is C16H13ClN2O2. The van der Waals surface area contributed by atoms with Crippen LogP contribution in [0.1, 0.15) is 37.5 Å². The quantitative estimate of drug-likeness (QED) is 0.801. The van der Waals surface area contributed by atoms with Gasteiger partial charge in [0.15, 0.2) is 0 Å². The lowest BCUT2D eigenvalue weighted by Gasteiger charge is -2.16. The molecule has 0 saturated carbocycles. The summed E-state index contributed by atoms with van der Waals surface area (Å²) in [5.41, 5.74) is 3.20. The van der Waals surface area contributed by atoms with Gasteiger partial charge in [-0.25, -0.2) is 0 Å². The van der Waals surface area contributed by atoms with E-state index in [1.165, 1.54) is 4.90 Å². The highest BCUT2D eigenvalue weighted by Gasteiger charge is 2.35. The molecule has 4 nitrogen and oxygen atoms in total. The molecule has 2 amide bonds. The molecule has 3 rings (SSSR count). The Morgan fingerprint density at radius 3 is 2.24 bits per heavy atom. The molecule has 2 aromatic rings. The molecule has 0 bridgehead atoms. The summed E-state index contributed by atoms with van der Waals surface area (Å²) in [6.45, 7) is 3.85. The van der Waals surface area contributed by atoms with Gasteiger partial charge < -0.3 is 0 Å². The van der Waals surface area contributed by atoms with Crippen LogP contribution in [0, 0.1) is 13.8 Å². The Kier molecular flexibility index (Phi) is 3.26. The smallest absolute Gasteiger partial charge is 0.261 e. The number of benzene rings is 1. The van der Waals surface area contributed by atoms with E-state index in [2.05, 4.69) is 4.98 Å². The van der Waals surface area contributed by atoms with Crippen molar-refractivity contribution in [1.29, 1.82) is 0 Å². The van der Waals surface area contributed by atoms with E-state index in [1.807, 2.05) is 13.8 Å². The fraction of sp³-hybridized carbons (Fsp3) is 0.188. The van der Waals surface area contributed by atoms with Gasteiger partial charge in [-0.3, -0.25) is 19.5 Å². The third-order valence-corrected chi connectivity index (χ3v) is 4.29. The van der Waals surface area contributed by atoms with Gasteiger partial charge in [0.05, 0.1) is 23.4 Å². The van der Waals surface area contributed by atoms with Crippen LogP contribution >= 0.6 is 11.6 Å². The molecule has 106 valence electrons. The minimum atomic E-state index is -0.284. The second-order valence-electron chi connectivity index (χ2n) is 5.07. The maximum Gasteiger partial charge on any atom is 0.261 e. The average molecular weight is 301 g/mol. The lowest BCUT2D eigenvalue weighted by Crippen LogP contribution is -2.29. The Morgan fingerprint density at radius 2 is 1.67 bits per heavy atom. The number of pyridine rings is 1. The van der Waals surface area contributed by atoms with Crippen LogP contribution in [0.3, 0.4) is 0 Å². The van der Waals surface area contributed by atoms with E-state index in [9.17, 15) is 9.59 Å². The largest absolute Gasteiger partial charge is 0.269 e. The highest BCUT2D eigenvalue weighted by Crippen LogP contribution is 2.27. The Morgan fingerprint density at radius 1 is 1.10 bits per heavy atom. The number of hydrogen-bond donors (Lipinski definition) is 0. The molecular weight excluding hydrogens is 288 g/mol. The van der Waals surface area contributed by atoms with Gasteiger partial charge in [-0.1, -0.05) is 23.7 Å². The van der Waals surface area contributed by atoms with E-state index in [4.69, 9.17) is 11.6 Å². The van der Waals surface area contributed by atoms with Gasteiger partial charge >= 0.3 is 0 Å². The number of aromatic nitrogens is 1. The molecule has 0 spiro atoms. The van der Waals surface area contributed by atoms with Gasteiger partial charge in [0.25, 0.3) is 11.8 Å². The normalized spacial score (nSPS) is 13.8. The van der Waals surface area contributed by atoms with E-state index in [0.29, 0.717) is 21.8 Å². The van der Waals surface area contributed by atoms with Crippen molar-refractivity contribution in [3.8, 4) is 0 Å². The summed E-state index contributed by atoms with van der Waals surface area (Å²) < 4.78 is 0. The van der Waals surface area contributed by atoms with E-state index in [-0.39, 0.29) is 18.4 Å². The maximum absolute atomic E-state index is 12.3. The number of halogens is 1. The molecule has 21 heavy (non-hydrogen) atoms. The summed E-state index contributed by atoms with van der Waals surface area (Å²) >= 11 is 6.20. The van der Waals surface area contributed by atoms with Crippen LogP contribution in [0.4, 0.5) is 0 Å². The first-order valence-corrected chi connectivity index (χ1v) is 6.94. The molecule has 0 radical (unpaired) electrons. The minimum absolute atomic E-state index is 0.137. The van der Waals surface area contributed by atoms with Crippen LogP contribution in [-0.2, 0) is 6.54 Å². The first-order valence-electron chi connectivity index (χ1n) is 6.56. The number of rotatable bonds is 2. The number of aryl methyl sites for hydroxylation is 1. The molecule has 0 fully saturated rings. The number of carbonyl (C=O) groups excluding carboxylic acids is 2. The highest BCUT2D eigenvalue weighted by molar-refractivity contribution is 6.32. The zero-order chi connectivity index (χ0) is 15.1. The molecule has 5 heteroatoms. The Bertz CT molecular complexity index is 736. The topological polar surface area (TPSA) is 50.3 Å². The number of amides is 2. The molecule has 1 aromatic carbocycles. The average Bonchev–Trinajstić information content (AvgIpc) is 2.73. The summed E-state index contributed by atoms with van der Waals surface area (Å²) in [4.78, 5) is 30.2. The molecule has 1 aromatic heterocycles. The van der Waals surface area contributed by atoms with Crippen LogP contribution in [0.5, 0.6) is 0 Å². The molecule has 0 atom stereocenters. The minimum Gasteiger partial charge on any atom is -0.269 e.